The van der Waals surface area contributed by atoms with Crippen LogP contribution in [-0.4, -0.2) is 58.4 Å². The normalized spacial score (nSPS) is 44.0. The molecule has 5 heteroatoms. The Balaban J connectivity index is 1.63. The van der Waals surface area contributed by atoms with E-state index in [1.165, 1.54) is 18.4 Å². The number of nitrogens with zero attached hydrogens (tertiary/aromatic N) is 1. The van der Waals surface area contributed by atoms with Crippen molar-refractivity contribution in [3.63, 3.8) is 0 Å². The van der Waals surface area contributed by atoms with Gasteiger partial charge in [-0.1, -0.05) is 0 Å². The summed E-state index contributed by atoms with van der Waals surface area (Å²) >= 11 is 0. The number of likely N-dealkylation sites (tertiary alicyclic amines) is 1. The van der Waals surface area contributed by atoms with Gasteiger partial charge in [0.15, 0.2) is 23.4 Å². The Morgan fingerprint density at radius 2 is 2.11 bits per heavy atom. The van der Waals surface area contributed by atoms with Crippen molar-refractivity contribution in [1.82, 2.24) is 0 Å². The molecule has 144 valence electrons. The Morgan fingerprint density at radius 1 is 1.33 bits per heavy atom. The highest BCUT2D eigenvalue weighted by Gasteiger charge is 2.76. The van der Waals surface area contributed by atoms with E-state index in [0.29, 0.717) is 18.6 Å². The van der Waals surface area contributed by atoms with Crippen molar-refractivity contribution in [2.24, 2.45) is 5.92 Å². The molecule has 5 nitrogen and oxygen atoms in total. The molecule has 5 atom stereocenters. The molecular weight excluding hydrogens is 342 g/mol. The first kappa shape index (κ1) is 16.4. The van der Waals surface area contributed by atoms with Gasteiger partial charge in [-0.2, -0.15) is 0 Å². The van der Waals surface area contributed by atoms with Gasteiger partial charge < -0.3 is 19.4 Å². The first-order valence-corrected chi connectivity index (χ1v) is 10.4. The van der Waals surface area contributed by atoms with Gasteiger partial charge in [-0.3, -0.25) is 4.79 Å². The van der Waals surface area contributed by atoms with E-state index in [0.717, 1.165) is 47.5 Å². The van der Waals surface area contributed by atoms with Gasteiger partial charge in [0.1, 0.15) is 11.6 Å². The Kier molecular flexibility index (Phi) is 2.84. The van der Waals surface area contributed by atoms with Crippen LogP contribution in [0, 0.1) is 12.8 Å². The highest BCUT2D eigenvalue weighted by atomic mass is 16.5. The average Bonchev–Trinajstić information content (AvgIpc) is 3.33. The Morgan fingerprint density at radius 3 is 2.85 bits per heavy atom. The Hall–Kier alpha value is -1.59. The zero-order valence-corrected chi connectivity index (χ0v) is 16.1. The molecule has 2 aliphatic heterocycles. The standard InChI is InChI=1S/C22H27NO4/c1-12-9-16(25)19-18-14(12)10-17-22(26)6-5-15(24)20(27-19)21(18,22)7-8-23(17,2)11-13-3-4-13/h9,13,17,20,26H,3-8,10-11H2,1-2H3/p+1/t17-,20+,21+,22-,23-/m1/s1. The second-order valence-electron chi connectivity index (χ2n) is 10.1. The van der Waals surface area contributed by atoms with Crippen molar-refractivity contribution in [2.45, 2.75) is 68.6 Å². The van der Waals surface area contributed by atoms with Crippen LogP contribution in [0.3, 0.4) is 0 Å². The fraction of sp³-hybridized carbons (Fsp3) is 0.682. The minimum atomic E-state index is -0.939. The number of quaternary nitrogens is 1. The molecule has 0 radical (unpaired) electrons. The SMILES string of the molecule is Cc1cc(O)c2c3c1C[C@@H]1[C@]4(O)CCC(=O)[C@H](O2)[C@]34CC[N@+]1(C)CC1CC1. The molecule has 27 heavy (non-hydrogen) atoms. The second kappa shape index (κ2) is 4.69. The summed E-state index contributed by atoms with van der Waals surface area (Å²) < 4.78 is 7.04. The van der Waals surface area contributed by atoms with Crippen molar-refractivity contribution in [2.75, 3.05) is 20.1 Å². The number of likely N-dealkylation sites (N-methyl/N-ethyl adjacent to an activating group) is 1. The summed E-state index contributed by atoms with van der Waals surface area (Å²) in [5.41, 5.74) is 1.59. The molecule has 5 aliphatic rings. The summed E-state index contributed by atoms with van der Waals surface area (Å²) in [6.07, 6.45) is 4.41. The lowest BCUT2D eigenvalue weighted by Gasteiger charge is -2.64. The number of ketones is 1. The number of Topliss-reactive ketones (excluding diaryl/α,β-unsaturated/α-hetero) is 1. The number of carbonyl (C=O) groups is 1. The van der Waals surface area contributed by atoms with Crippen LogP contribution in [0.1, 0.15) is 48.8 Å². The van der Waals surface area contributed by atoms with Crippen molar-refractivity contribution in [3.8, 4) is 11.5 Å². The van der Waals surface area contributed by atoms with Gasteiger partial charge in [0.25, 0.3) is 0 Å². The number of phenols is 1. The fourth-order valence-corrected chi connectivity index (χ4v) is 7.21. The van der Waals surface area contributed by atoms with Gasteiger partial charge in [-0.15, -0.1) is 0 Å². The number of hydrogen-bond acceptors (Lipinski definition) is 4. The number of aryl methyl sites for hydroxylation is 1. The van der Waals surface area contributed by atoms with E-state index in [1.54, 1.807) is 6.07 Å². The van der Waals surface area contributed by atoms with E-state index < -0.39 is 17.1 Å². The maximum Gasteiger partial charge on any atom is 0.174 e. The predicted molar refractivity (Wildman–Crippen MR) is 98.9 cm³/mol. The monoisotopic (exact) mass is 370 g/mol. The molecule has 0 unspecified atom stereocenters. The molecule has 1 saturated heterocycles. The van der Waals surface area contributed by atoms with Crippen LogP contribution < -0.4 is 4.74 Å². The van der Waals surface area contributed by atoms with Gasteiger partial charge >= 0.3 is 0 Å². The van der Waals surface area contributed by atoms with E-state index in [9.17, 15) is 15.0 Å². The lowest BCUT2D eigenvalue weighted by molar-refractivity contribution is -0.950. The third kappa shape index (κ3) is 1.72. The minimum Gasteiger partial charge on any atom is -0.504 e. The van der Waals surface area contributed by atoms with Crippen LogP contribution in [0.5, 0.6) is 11.5 Å². The number of rotatable bonds is 2. The quantitative estimate of drug-likeness (QED) is 0.782. The lowest BCUT2D eigenvalue weighted by atomic mass is 9.48. The molecule has 2 bridgehead atoms. The molecule has 2 saturated carbocycles. The topological polar surface area (TPSA) is 66.8 Å². The molecule has 1 aromatic rings. The van der Waals surface area contributed by atoms with E-state index >= 15 is 0 Å². The molecule has 3 fully saturated rings. The van der Waals surface area contributed by atoms with E-state index in [1.807, 2.05) is 6.92 Å². The Labute approximate surface area is 159 Å². The average molecular weight is 370 g/mol. The van der Waals surface area contributed by atoms with Crippen LogP contribution >= 0.6 is 0 Å². The van der Waals surface area contributed by atoms with Crippen molar-refractivity contribution >= 4 is 5.78 Å². The number of ether oxygens (including phenoxy) is 1. The van der Waals surface area contributed by atoms with Gasteiger partial charge in [-0.25, -0.2) is 0 Å². The summed E-state index contributed by atoms with van der Waals surface area (Å²) in [4.78, 5) is 12.9. The van der Waals surface area contributed by atoms with Gasteiger partial charge in [0, 0.05) is 30.7 Å². The van der Waals surface area contributed by atoms with Crippen molar-refractivity contribution in [3.05, 3.63) is 22.8 Å². The smallest absolute Gasteiger partial charge is 0.174 e. The highest BCUT2D eigenvalue weighted by Crippen LogP contribution is 2.66. The molecule has 1 aromatic carbocycles. The van der Waals surface area contributed by atoms with Crippen LogP contribution in [0.2, 0.25) is 0 Å². The molecule has 1 spiro atoms. The van der Waals surface area contributed by atoms with Crippen LogP contribution in [0.15, 0.2) is 6.07 Å². The Bertz CT molecular complexity index is 893. The first-order valence-electron chi connectivity index (χ1n) is 10.4. The molecule has 6 rings (SSSR count). The number of aliphatic hydroxyl groups is 1. The van der Waals surface area contributed by atoms with Crippen LogP contribution in [0.4, 0.5) is 0 Å². The number of piperidine rings is 1. The maximum atomic E-state index is 12.9. The largest absolute Gasteiger partial charge is 0.504 e. The predicted octanol–water partition coefficient (Wildman–Crippen LogP) is 1.98. The third-order valence-electron chi connectivity index (χ3n) is 8.63. The lowest BCUT2D eigenvalue weighted by Crippen LogP contribution is -2.80. The second-order valence-corrected chi connectivity index (χ2v) is 10.1. The summed E-state index contributed by atoms with van der Waals surface area (Å²) in [5.74, 6) is 1.44. The molecular formula is C22H28NO4+. The number of carbonyl (C=O) groups excluding carboxylic acids is 1. The minimum absolute atomic E-state index is 0.0813. The number of benzene rings is 1. The molecule has 3 aliphatic carbocycles. The first-order chi connectivity index (χ1) is 12.8. The van der Waals surface area contributed by atoms with E-state index in [4.69, 9.17) is 4.74 Å². The fourth-order valence-electron chi connectivity index (χ4n) is 7.21. The summed E-state index contributed by atoms with van der Waals surface area (Å²) in [7, 11) is 2.32. The summed E-state index contributed by atoms with van der Waals surface area (Å²) in [5, 5.41) is 22.8. The molecule has 2 heterocycles. The third-order valence-corrected chi connectivity index (χ3v) is 8.63. The molecule has 2 N–H and O–H groups in total. The van der Waals surface area contributed by atoms with Gasteiger partial charge in [0.05, 0.1) is 25.6 Å². The molecule has 0 amide bonds. The van der Waals surface area contributed by atoms with E-state index in [2.05, 4.69) is 7.05 Å². The van der Waals surface area contributed by atoms with Crippen LogP contribution in [-0.2, 0) is 16.6 Å². The van der Waals surface area contributed by atoms with Crippen LogP contribution in [0.25, 0.3) is 0 Å². The maximum absolute atomic E-state index is 12.9. The van der Waals surface area contributed by atoms with Crippen molar-refractivity contribution in [1.29, 1.82) is 0 Å². The van der Waals surface area contributed by atoms with Crippen molar-refractivity contribution < 1.29 is 24.2 Å². The summed E-state index contributed by atoms with van der Waals surface area (Å²) in [6.45, 7) is 4.13. The van der Waals surface area contributed by atoms with Gasteiger partial charge in [-0.05, 0) is 43.4 Å². The zero-order chi connectivity index (χ0) is 18.8. The summed E-state index contributed by atoms with van der Waals surface area (Å²) in [6, 6.07) is 1.87. The molecule has 0 aromatic heterocycles. The zero-order valence-electron chi connectivity index (χ0n) is 16.1. The number of phenolic OH excluding ortho intramolecular Hbond substituents is 1. The highest BCUT2D eigenvalue weighted by molar-refractivity contribution is 5.90. The van der Waals surface area contributed by atoms with E-state index in [-0.39, 0.29) is 17.6 Å². The number of hydrogen-bond donors (Lipinski definition) is 2. The van der Waals surface area contributed by atoms with Gasteiger partial charge in [0.2, 0.25) is 0 Å². The number of aromatic hydroxyl groups is 1.